The number of carboxylic acids is 1. The van der Waals surface area contributed by atoms with Crippen molar-refractivity contribution in [2.45, 2.75) is 0 Å². The minimum absolute atomic E-state index is 0.0916. The lowest BCUT2D eigenvalue weighted by Crippen LogP contribution is -2.28. The van der Waals surface area contributed by atoms with Crippen molar-refractivity contribution in [1.82, 2.24) is 15.1 Å². The summed E-state index contributed by atoms with van der Waals surface area (Å²) in [5.41, 5.74) is -0.205. The number of hydrogen-bond acceptors (Lipinski definition) is 4. The Morgan fingerprint density at radius 1 is 1.62 bits per heavy atom. The Morgan fingerprint density at radius 2 is 2.31 bits per heavy atom. The number of aromatic nitrogens is 2. The van der Waals surface area contributed by atoms with E-state index in [1.807, 2.05) is 0 Å². The van der Waals surface area contributed by atoms with Gasteiger partial charge in [0.05, 0.1) is 6.61 Å². The fraction of sp³-hybridized carbons (Fsp3) is 0.444. The fourth-order valence-electron chi connectivity index (χ4n) is 1.16. The number of hydrogen-bond donors (Lipinski definition) is 2. The number of aryl methyl sites for hydroxylation is 1. The first kappa shape index (κ1) is 12.2. The van der Waals surface area contributed by atoms with Crippen LogP contribution in [0.5, 0.6) is 0 Å². The molecule has 0 bridgehead atoms. The Hall–Kier alpha value is -1.89. The summed E-state index contributed by atoms with van der Waals surface area (Å²) in [6, 6.07) is 0. The molecule has 1 rings (SSSR count). The van der Waals surface area contributed by atoms with Crippen molar-refractivity contribution in [2.24, 2.45) is 7.05 Å². The topological polar surface area (TPSA) is 93.5 Å². The number of methoxy groups -OCH3 is 1. The molecule has 0 aliphatic heterocycles. The highest BCUT2D eigenvalue weighted by molar-refractivity contribution is 6.03. The van der Waals surface area contributed by atoms with E-state index in [-0.39, 0.29) is 11.3 Å². The van der Waals surface area contributed by atoms with E-state index in [1.165, 1.54) is 18.0 Å². The second-order valence-corrected chi connectivity index (χ2v) is 3.12. The van der Waals surface area contributed by atoms with Crippen LogP contribution >= 0.6 is 0 Å². The minimum atomic E-state index is -1.18. The van der Waals surface area contributed by atoms with Crippen LogP contribution in [-0.2, 0) is 11.8 Å². The Balaban J connectivity index is 2.78. The molecule has 0 atom stereocenters. The minimum Gasteiger partial charge on any atom is -0.478 e. The van der Waals surface area contributed by atoms with Crippen LogP contribution in [0, 0.1) is 0 Å². The number of rotatable bonds is 5. The summed E-state index contributed by atoms with van der Waals surface area (Å²) in [5.74, 6) is -1.69. The summed E-state index contributed by atoms with van der Waals surface area (Å²) in [5, 5.41) is 15.1. The SMILES string of the molecule is COCCNC(=O)c1nn(C)cc1C(=O)O. The number of carbonyl (C=O) groups excluding carboxylic acids is 1. The van der Waals surface area contributed by atoms with Gasteiger partial charge in [0.25, 0.3) is 5.91 Å². The first-order valence-corrected chi connectivity index (χ1v) is 4.60. The third-order valence-corrected chi connectivity index (χ3v) is 1.87. The Bertz CT molecular complexity index is 399. The van der Waals surface area contributed by atoms with Crippen molar-refractivity contribution in [2.75, 3.05) is 20.3 Å². The molecule has 0 saturated carbocycles. The number of amides is 1. The molecule has 0 spiro atoms. The average Bonchev–Trinajstić information content (AvgIpc) is 2.61. The van der Waals surface area contributed by atoms with E-state index in [9.17, 15) is 9.59 Å². The lowest BCUT2D eigenvalue weighted by atomic mass is 10.2. The maximum atomic E-state index is 11.6. The van der Waals surface area contributed by atoms with Gasteiger partial charge in [-0.2, -0.15) is 5.10 Å². The molecule has 16 heavy (non-hydrogen) atoms. The van der Waals surface area contributed by atoms with E-state index in [2.05, 4.69) is 10.4 Å². The van der Waals surface area contributed by atoms with Crippen LogP contribution in [-0.4, -0.2) is 47.0 Å². The Kier molecular flexibility index (Phi) is 4.01. The van der Waals surface area contributed by atoms with E-state index in [1.54, 1.807) is 7.05 Å². The zero-order valence-electron chi connectivity index (χ0n) is 9.06. The molecule has 0 aliphatic rings. The third-order valence-electron chi connectivity index (χ3n) is 1.87. The number of carbonyl (C=O) groups is 2. The normalized spacial score (nSPS) is 10.1. The number of aromatic carboxylic acids is 1. The molecule has 0 unspecified atom stereocenters. The highest BCUT2D eigenvalue weighted by Gasteiger charge is 2.20. The molecule has 1 aromatic rings. The van der Waals surface area contributed by atoms with E-state index >= 15 is 0 Å². The van der Waals surface area contributed by atoms with Crippen molar-refractivity contribution in [3.05, 3.63) is 17.5 Å². The van der Waals surface area contributed by atoms with Gasteiger partial charge < -0.3 is 15.2 Å². The van der Waals surface area contributed by atoms with Crippen LogP contribution in [0.4, 0.5) is 0 Å². The summed E-state index contributed by atoms with van der Waals surface area (Å²) >= 11 is 0. The van der Waals surface area contributed by atoms with Gasteiger partial charge in [0, 0.05) is 26.9 Å². The monoisotopic (exact) mass is 227 g/mol. The molecule has 1 heterocycles. The predicted molar refractivity (Wildman–Crippen MR) is 54.4 cm³/mol. The molecule has 0 aromatic carbocycles. The maximum Gasteiger partial charge on any atom is 0.339 e. The van der Waals surface area contributed by atoms with Gasteiger partial charge in [-0.15, -0.1) is 0 Å². The second-order valence-electron chi connectivity index (χ2n) is 3.12. The van der Waals surface area contributed by atoms with Crippen molar-refractivity contribution >= 4 is 11.9 Å². The van der Waals surface area contributed by atoms with Gasteiger partial charge >= 0.3 is 5.97 Å². The fourth-order valence-corrected chi connectivity index (χ4v) is 1.16. The first-order valence-electron chi connectivity index (χ1n) is 4.60. The second kappa shape index (κ2) is 5.26. The van der Waals surface area contributed by atoms with Gasteiger partial charge in [-0.05, 0) is 0 Å². The van der Waals surface area contributed by atoms with Gasteiger partial charge in [0.1, 0.15) is 5.56 Å². The molecule has 1 amide bonds. The number of nitrogens with zero attached hydrogens (tertiary/aromatic N) is 2. The lowest BCUT2D eigenvalue weighted by molar-refractivity contribution is 0.0690. The molecule has 7 nitrogen and oxygen atoms in total. The van der Waals surface area contributed by atoms with Gasteiger partial charge in [-0.25, -0.2) is 4.79 Å². The summed E-state index contributed by atoms with van der Waals surface area (Å²) in [6.07, 6.45) is 1.29. The molecular weight excluding hydrogens is 214 g/mol. The highest BCUT2D eigenvalue weighted by atomic mass is 16.5. The standard InChI is InChI=1S/C9H13N3O4/c1-12-5-6(9(14)15)7(11-12)8(13)10-3-4-16-2/h5H,3-4H2,1-2H3,(H,10,13)(H,14,15). The van der Waals surface area contributed by atoms with Crippen LogP contribution in [0.15, 0.2) is 6.20 Å². The molecule has 7 heteroatoms. The maximum absolute atomic E-state index is 11.6. The summed E-state index contributed by atoms with van der Waals surface area (Å²) in [4.78, 5) is 22.4. The van der Waals surface area contributed by atoms with Gasteiger partial charge in [0.2, 0.25) is 0 Å². The molecular formula is C9H13N3O4. The smallest absolute Gasteiger partial charge is 0.339 e. The van der Waals surface area contributed by atoms with Crippen molar-refractivity contribution in [3.63, 3.8) is 0 Å². The van der Waals surface area contributed by atoms with Crippen molar-refractivity contribution in [3.8, 4) is 0 Å². The summed E-state index contributed by atoms with van der Waals surface area (Å²) in [7, 11) is 3.06. The van der Waals surface area contributed by atoms with Crippen LogP contribution in [0.3, 0.4) is 0 Å². The molecule has 2 N–H and O–H groups in total. The lowest BCUT2D eigenvalue weighted by Gasteiger charge is -2.02. The summed E-state index contributed by atoms with van der Waals surface area (Å²) < 4.78 is 6.04. The zero-order valence-corrected chi connectivity index (χ0v) is 9.06. The van der Waals surface area contributed by atoms with E-state index in [0.29, 0.717) is 13.2 Å². The average molecular weight is 227 g/mol. The summed E-state index contributed by atoms with van der Waals surface area (Å²) in [6.45, 7) is 0.673. The molecule has 0 saturated heterocycles. The largest absolute Gasteiger partial charge is 0.478 e. The zero-order chi connectivity index (χ0) is 12.1. The first-order chi connectivity index (χ1) is 7.56. The third kappa shape index (κ3) is 2.80. The molecule has 0 radical (unpaired) electrons. The highest BCUT2D eigenvalue weighted by Crippen LogP contribution is 2.05. The predicted octanol–water partition coefficient (Wildman–Crippen LogP) is -0.505. The van der Waals surface area contributed by atoms with E-state index < -0.39 is 11.9 Å². The van der Waals surface area contributed by atoms with Gasteiger partial charge in [0.15, 0.2) is 5.69 Å². The van der Waals surface area contributed by atoms with Crippen LogP contribution < -0.4 is 5.32 Å². The number of ether oxygens (including phenoxy) is 1. The van der Waals surface area contributed by atoms with Crippen LogP contribution in [0.2, 0.25) is 0 Å². The molecule has 1 aromatic heterocycles. The Labute approximate surface area is 92.0 Å². The number of carboxylic acid groups (broad SMARTS) is 1. The quantitative estimate of drug-likeness (QED) is 0.661. The van der Waals surface area contributed by atoms with Crippen LogP contribution in [0.25, 0.3) is 0 Å². The van der Waals surface area contributed by atoms with Gasteiger partial charge in [-0.1, -0.05) is 0 Å². The van der Waals surface area contributed by atoms with E-state index in [0.717, 1.165) is 0 Å². The molecule has 88 valence electrons. The van der Waals surface area contributed by atoms with Crippen molar-refractivity contribution in [1.29, 1.82) is 0 Å². The van der Waals surface area contributed by atoms with Crippen molar-refractivity contribution < 1.29 is 19.4 Å². The van der Waals surface area contributed by atoms with E-state index in [4.69, 9.17) is 9.84 Å². The Morgan fingerprint density at radius 3 is 2.88 bits per heavy atom. The molecule has 0 aliphatic carbocycles. The number of nitrogens with one attached hydrogen (secondary N) is 1. The van der Waals surface area contributed by atoms with Gasteiger partial charge in [-0.3, -0.25) is 9.48 Å². The van der Waals surface area contributed by atoms with Crippen LogP contribution in [0.1, 0.15) is 20.8 Å². The molecule has 0 fully saturated rings.